The first kappa shape index (κ1) is 31.6. The van der Waals surface area contributed by atoms with Crippen LogP contribution in [-0.4, -0.2) is 15.0 Å². The molecule has 9 aromatic rings. The quantitative estimate of drug-likeness (QED) is 0.179. The Morgan fingerprint density at radius 3 is 1.65 bits per heavy atom. The number of aromatic nitrogens is 3. The highest BCUT2D eigenvalue weighted by molar-refractivity contribution is 6.16. The van der Waals surface area contributed by atoms with Crippen molar-refractivity contribution in [3.05, 3.63) is 174 Å². The van der Waals surface area contributed by atoms with E-state index in [9.17, 15) is 5.26 Å². The Morgan fingerprint density at radius 1 is 0.481 bits per heavy atom. The van der Waals surface area contributed by atoms with Gasteiger partial charge < -0.3 is 4.42 Å². The number of benzene rings is 7. The van der Waals surface area contributed by atoms with E-state index >= 15 is 0 Å². The van der Waals surface area contributed by atoms with Crippen molar-refractivity contribution in [1.82, 2.24) is 15.0 Å². The zero-order chi connectivity index (χ0) is 36.4. The molecule has 0 saturated carbocycles. The average Bonchev–Trinajstić information content (AvgIpc) is 3.72. The number of fused-ring (bicyclic) bond motifs is 6. The molecule has 10 rings (SSSR count). The van der Waals surface area contributed by atoms with Gasteiger partial charge in [0.15, 0.2) is 17.5 Å². The predicted octanol–water partition coefficient (Wildman–Crippen LogP) is 12.3. The summed E-state index contributed by atoms with van der Waals surface area (Å²) in [4.78, 5) is 14.8. The van der Waals surface area contributed by atoms with Crippen molar-refractivity contribution in [2.24, 2.45) is 0 Å². The molecule has 0 radical (unpaired) electrons. The SMILES string of the molecule is CC1(C)c2cc(C#N)ccc2-c2ccc(-c3c(-c4ccc(-c5nc(-c6ccccc6)nc(-c6ccccc6)n5)cc4)ccc4oc5ccccc5c34)cc21. The molecule has 54 heavy (non-hydrogen) atoms. The third-order valence-corrected chi connectivity index (χ3v) is 10.8. The van der Waals surface area contributed by atoms with Gasteiger partial charge in [0.2, 0.25) is 0 Å². The molecular weight excluding hydrogens is 661 g/mol. The molecule has 0 aliphatic heterocycles. The lowest BCUT2D eigenvalue weighted by atomic mass is 9.80. The highest BCUT2D eigenvalue weighted by Gasteiger charge is 2.36. The van der Waals surface area contributed by atoms with E-state index in [1.54, 1.807) is 0 Å². The van der Waals surface area contributed by atoms with Crippen molar-refractivity contribution in [1.29, 1.82) is 5.26 Å². The van der Waals surface area contributed by atoms with E-state index in [1.807, 2.05) is 84.9 Å². The number of furan rings is 1. The van der Waals surface area contributed by atoms with Crippen molar-refractivity contribution < 1.29 is 4.42 Å². The number of hydrogen-bond acceptors (Lipinski definition) is 5. The lowest BCUT2D eigenvalue weighted by Crippen LogP contribution is -2.15. The maximum atomic E-state index is 9.69. The summed E-state index contributed by atoms with van der Waals surface area (Å²) in [5.41, 5.74) is 14.1. The van der Waals surface area contributed by atoms with E-state index in [-0.39, 0.29) is 5.41 Å². The Hall–Kier alpha value is -7.16. The molecule has 5 heteroatoms. The fourth-order valence-corrected chi connectivity index (χ4v) is 8.06. The molecule has 0 N–H and O–H groups in total. The number of para-hydroxylation sites is 1. The van der Waals surface area contributed by atoms with Gasteiger partial charge in [0.05, 0.1) is 11.6 Å². The monoisotopic (exact) mass is 692 g/mol. The van der Waals surface area contributed by atoms with Crippen LogP contribution in [0.3, 0.4) is 0 Å². The molecular formula is C49H32N4O. The standard InChI is InChI=1S/C49H32N4O/c1-49(2)40-27-30(29-50)17-23-37(40)38-24-22-35(28-41(38)49)44-36(25-26-43-45(44)39-15-9-10-16-42(39)54-43)31-18-20-34(21-19-31)48-52-46(32-11-5-3-6-12-32)51-47(53-48)33-13-7-4-8-14-33/h3-28H,1-2H3. The minimum Gasteiger partial charge on any atom is -0.456 e. The summed E-state index contributed by atoms with van der Waals surface area (Å²) in [6.07, 6.45) is 0. The van der Waals surface area contributed by atoms with Crippen LogP contribution in [0, 0.1) is 11.3 Å². The van der Waals surface area contributed by atoms with Crippen LogP contribution < -0.4 is 0 Å². The summed E-state index contributed by atoms with van der Waals surface area (Å²) < 4.78 is 6.43. The van der Waals surface area contributed by atoms with Gasteiger partial charge in [0.1, 0.15) is 11.2 Å². The third kappa shape index (κ3) is 5.03. The Kier molecular flexibility index (Phi) is 7.14. The first-order chi connectivity index (χ1) is 26.5. The Labute approximate surface area is 312 Å². The fourth-order valence-electron chi connectivity index (χ4n) is 8.06. The summed E-state index contributed by atoms with van der Waals surface area (Å²) >= 11 is 0. The molecule has 7 aromatic carbocycles. The second-order valence-corrected chi connectivity index (χ2v) is 14.3. The van der Waals surface area contributed by atoms with Crippen LogP contribution in [0.2, 0.25) is 0 Å². The molecule has 0 atom stereocenters. The van der Waals surface area contributed by atoms with E-state index < -0.39 is 0 Å². The van der Waals surface area contributed by atoms with Crippen LogP contribution in [0.4, 0.5) is 0 Å². The van der Waals surface area contributed by atoms with Crippen LogP contribution in [-0.2, 0) is 5.41 Å². The Balaban J connectivity index is 1.13. The number of hydrogen-bond donors (Lipinski definition) is 0. The third-order valence-electron chi connectivity index (χ3n) is 10.8. The molecule has 0 spiro atoms. The molecule has 254 valence electrons. The molecule has 0 unspecified atom stereocenters. The van der Waals surface area contributed by atoms with Gasteiger partial charge in [-0.05, 0) is 69.3 Å². The van der Waals surface area contributed by atoms with E-state index in [2.05, 4.69) is 92.7 Å². The molecule has 5 nitrogen and oxygen atoms in total. The van der Waals surface area contributed by atoms with Gasteiger partial charge in [-0.25, -0.2) is 15.0 Å². The van der Waals surface area contributed by atoms with Crippen LogP contribution in [0.15, 0.2) is 162 Å². The van der Waals surface area contributed by atoms with Gasteiger partial charge in [-0.1, -0.05) is 141 Å². The van der Waals surface area contributed by atoms with Gasteiger partial charge >= 0.3 is 0 Å². The second-order valence-electron chi connectivity index (χ2n) is 14.3. The lowest BCUT2D eigenvalue weighted by Gasteiger charge is -2.22. The maximum Gasteiger partial charge on any atom is 0.164 e. The van der Waals surface area contributed by atoms with Crippen LogP contribution in [0.1, 0.15) is 30.5 Å². The van der Waals surface area contributed by atoms with Crippen LogP contribution >= 0.6 is 0 Å². The molecule has 0 bridgehead atoms. The summed E-state index contributed by atoms with van der Waals surface area (Å²) in [5, 5.41) is 11.9. The van der Waals surface area contributed by atoms with Crippen molar-refractivity contribution in [2.75, 3.05) is 0 Å². The topological polar surface area (TPSA) is 75.6 Å². The van der Waals surface area contributed by atoms with E-state index in [0.29, 0.717) is 23.0 Å². The Morgan fingerprint density at radius 2 is 1.00 bits per heavy atom. The van der Waals surface area contributed by atoms with Gasteiger partial charge in [0, 0.05) is 38.4 Å². The molecule has 2 heterocycles. The number of rotatable bonds is 5. The van der Waals surface area contributed by atoms with Crippen molar-refractivity contribution in [3.8, 4) is 73.6 Å². The second kappa shape index (κ2) is 12.2. The highest BCUT2D eigenvalue weighted by atomic mass is 16.3. The number of nitriles is 1. The summed E-state index contributed by atoms with van der Waals surface area (Å²) in [6.45, 7) is 4.51. The minimum atomic E-state index is -0.274. The lowest BCUT2D eigenvalue weighted by molar-refractivity contribution is 0.660. The average molecular weight is 693 g/mol. The zero-order valence-corrected chi connectivity index (χ0v) is 29.7. The first-order valence-electron chi connectivity index (χ1n) is 18.1. The fraction of sp³-hybridized carbons (Fsp3) is 0.0612. The molecule has 1 aliphatic carbocycles. The summed E-state index contributed by atoms with van der Waals surface area (Å²) in [6, 6.07) is 56.3. The van der Waals surface area contributed by atoms with E-state index in [4.69, 9.17) is 19.4 Å². The number of nitrogens with zero attached hydrogens (tertiary/aromatic N) is 4. The van der Waals surface area contributed by atoms with Crippen LogP contribution in [0.25, 0.3) is 89.5 Å². The zero-order valence-electron chi connectivity index (χ0n) is 29.7. The predicted molar refractivity (Wildman–Crippen MR) is 217 cm³/mol. The molecule has 2 aromatic heterocycles. The molecule has 0 saturated heterocycles. The first-order valence-corrected chi connectivity index (χ1v) is 18.1. The van der Waals surface area contributed by atoms with Crippen molar-refractivity contribution >= 4 is 21.9 Å². The smallest absolute Gasteiger partial charge is 0.164 e. The van der Waals surface area contributed by atoms with Crippen LogP contribution in [0.5, 0.6) is 0 Å². The van der Waals surface area contributed by atoms with Gasteiger partial charge in [0.25, 0.3) is 0 Å². The summed E-state index contributed by atoms with van der Waals surface area (Å²) in [5.74, 6) is 1.88. The highest BCUT2D eigenvalue weighted by Crippen LogP contribution is 2.51. The normalized spacial score (nSPS) is 12.8. The maximum absolute atomic E-state index is 9.69. The van der Waals surface area contributed by atoms with E-state index in [0.717, 1.165) is 60.9 Å². The van der Waals surface area contributed by atoms with Gasteiger partial charge in [-0.3, -0.25) is 0 Å². The molecule has 0 fully saturated rings. The van der Waals surface area contributed by atoms with Gasteiger partial charge in [-0.2, -0.15) is 5.26 Å². The molecule has 0 amide bonds. The van der Waals surface area contributed by atoms with Crippen molar-refractivity contribution in [3.63, 3.8) is 0 Å². The molecule has 1 aliphatic rings. The van der Waals surface area contributed by atoms with Crippen molar-refractivity contribution in [2.45, 2.75) is 19.3 Å². The Bertz CT molecular complexity index is 2900. The minimum absolute atomic E-state index is 0.274. The summed E-state index contributed by atoms with van der Waals surface area (Å²) in [7, 11) is 0. The van der Waals surface area contributed by atoms with Gasteiger partial charge in [-0.15, -0.1) is 0 Å². The largest absolute Gasteiger partial charge is 0.456 e. The van der Waals surface area contributed by atoms with E-state index in [1.165, 1.54) is 22.3 Å².